The molecule has 3 nitrogen and oxygen atoms in total. The molecular weight excluding hydrogens is 326 g/mol. The van der Waals surface area contributed by atoms with Crippen LogP contribution in [0.3, 0.4) is 0 Å². The van der Waals surface area contributed by atoms with E-state index in [4.69, 9.17) is 12.2 Å². The lowest BCUT2D eigenvalue weighted by molar-refractivity contribution is 0.943. The van der Waals surface area contributed by atoms with Crippen molar-refractivity contribution in [3.63, 3.8) is 0 Å². The van der Waals surface area contributed by atoms with Gasteiger partial charge in [0.1, 0.15) is 0 Å². The number of anilines is 3. The van der Waals surface area contributed by atoms with Gasteiger partial charge in [-0.05, 0) is 73.6 Å². The molecule has 2 N–H and O–H groups in total. The lowest BCUT2D eigenvalue weighted by Gasteiger charge is -2.27. The van der Waals surface area contributed by atoms with E-state index in [1.807, 2.05) is 71.7 Å². The summed E-state index contributed by atoms with van der Waals surface area (Å²) in [5.41, 5.74) is 8.78. The molecule has 0 aliphatic heterocycles. The van der Waals surface area contributed by atoms with Crippen LogP contribution in [0.25, 0.3) is 0 Å². The summed E-state index contributed by atoms with van der Waals surface area (Å²) in [5, 5.41) is 5.77. The van der Waals surface area contributed by atoms with Crippen LogP contribution < -0.4 is 15.8 Å². The van der Waals surface area contributed by atoms with Crippen molar-refractivity contribution in [1.29, 1.82) is 0 Å². The molecule has 0 amide bonds. The third-order valence-electron chi connectivity index (χ3n) is 4.01. The maximum absolute atomic E-state index is 5.52. The number of hydrazine groups is 1. The third kappa shape index (κ3) is 4.37. The van der Waals surface area contributed by atoms with E-state index < -0.39 is 0 Å². The first-order valence-electron chi connectivity index (χ1n) is 8.18. The second-order valence-electron chi connectivity index (χ2n) is 5.87. The molecule has 0 spiro atoms. The summed E-state index contributed by atoms with van der Waals surface area (Å²) in [4.78, 5) is 0. The normalized spacial score (nSPS) is 10.2. The Morgan fingerprint density at radius 1 is 0.760 bits per heavy atom. The average molecular weight is 347 g/mol. The highest BCUT2D eigenvalue weighted by Crippen LogP contribution is 2.22. The molecule has 0 unspecified atom stereocenters. The van der Waals surface area contributed by atoms with E-state index in [9.17, 15) is 0 Å². The molecule has 0 aliphatic carbocycles. The zero-order valence-corrected chi connectivity index (χ0v) is 15.2. The van der Waals surface area contributed by atoms with Gasteiger partial charge in [0.05, 0.1) is 11.4 Å². The van der Waals surface area contributed by atoms with Gasteiger partial charge in [0.15, 0.2) is 5.11 Å². The van der Waals surface area contributed by atoms with Gasteiger partial charge in [0.25, 0.3) is 0 Å². The number of benzene rings is 3. The van der Waals surface area contributed by atoms with Crippen molar-refractivity contribution in [2.75, 3.05) is 10.3 Å². The van der Waals surface area contributed by atoms with Crippen LogP contribution in [0, 0.1) is 13.8 Å². The van der Waals surface area contributed by atoms with Crippen molar-refractivity contribution >= 4 is 34.4 Å². The van der Waals surface area contributed by atoms with Crippen LogP contribution in [0.1, 0.15) is 11.1 Å². The second kappa shape index (κ2) is 7.81. The van der Waals surface area contributed by atoms with Gasteiger partial charge in [-0.15, -0.1) is 0 Å². The maximum atomic E-state index is 5.52. The number of hydrogen-bond acceptors (Lipinski definition) is 2. The Morgan fingerprint density at radius 2 is 1.32 bits per heavy atom. The summed E-state index contributed by atoms with van der Waals surface area (Å²) in [6.45, 7) is 4.19. The predicted octanol–water partition coefficient (Wildman–Crippen LogP) is 5.34. The summed E-state index contributed by atoms with van der Waals surface area (Å²) in [5.74, 6) is 0. The van der Waals surface area contributed by atoms with E-state index in [-0.39, 0.29) is 0 Å². The van der Waals surface area contributed by atoms with E-state index >= 15 is 0 Å². The lowest BCUT2D eigenvalue weighted by Crippen LogP contribution is -2.41. The first-order chi connectivity index (χ1) is 12.1. The Bertz CT molecular complexity index is 808. The predicted molar refractivity (Wildman–Crippen MR) is 110 cm³/mol. The number of para-hydroxylation sites is 2. The van der Waals surface area contributed by atoms with Gasteiger partial charge in [-0.3, -0.25) is 10.4 Å². The minimum Gasteiger partial charge on any atom is -0.331 e. The summed E-state index contributed by atoms with van der Waals surface area (Å²) < 4.78 is 0. The van der Waals surface area contributed by atoms with Crippen LogP contribution in [0.15, 0.2) is 78.9 Å². The van der Waals surface area contributed by atoms with Crippen molar-refractivity contribution in [3.8, 4) is 0 Å². The fourth-order valence-electron chi connectivity index (χ4n) is 2.51. The molecule has 25 heavy (non-hydrogen) atoms. The van der Waals surface area contributed by atoms with Crippen molar-refractivity contribution in [2.24, 2.45) is 0 Å². The standard InChI is InChI=1S/C21H21N3S/c1-16-13-14-18(15-17(16)2)22-21(25)23-24(19-9-5-3-6-10-19)20-11-7-4-8-12-20/h3-15H,1-2H3,(H2,22,23,25). The molecule has 0 fully saturated rings. The van der Waals surface area contributed by atoms with Gasteiger partial charge < -0.3 is 5.32 Å². The molecule has 3 aromatic rings. The zero-order valence-electron chi connectivity index (χ0n) is 14.4. The van der Waals surface area contributed by atoms with Gasteiger partial charge in [0, 0.05) is 5.69 Å². The molecule has 0 radical (unpaired) electrons. The van der Waals surface area contributed by atoms with Crippen LogP contribution in [-0.2, 0) is 0 Å². The minimum atomic E-state index is 0.538. The van der Waals surface area contributed by atoms with E-state index in [1.54, 1.807) is 0 Å². The summed E-state index contributed by atoms with van der Waals surface area (Å²) in [6, 6.07) is 26.4. The van der Waals surface area contributed by atoms with E-state index in [1.165, 1.54) is 11.1 Å². The number of nitrogens with one attached hydrogen (secondary N) is 2. The van der Waals surface area contributed by atoms with E-state index in [0.717, 1.165) is 17.1 Å². The maximum Gasteiger partial charge on any atom is 0.190 e. The van der Waals surface area contributed by atoms with E-state index in [0.29, 0.717) is 5.11 Å². The Balaban J connectivity index is 1.80. The second-order valence-corrected chi connectivity index (χ2v) is 6.28. The molecule has 0 atom stereocenters. The quantitative estimate of drug-likeness (QED) is 0.492. The Morgan fingerprint density at radius 3 is 1.84 bits per heavy atom. The highest BCUT2D eigenvalue weighted by molar-refractivity contribution is 7.80. The van der Waals surface area contributed by atoms with Gasteiger partial charge >= 0.3 is 0 Å². The molecule has 0 aromatic heterocycles. The molecular formula is C21H21N3S. The van der Waals surface area contributed by atoms with Crippen LogP contribution in [0.2, 0.25) is 0 Å². The molecule has 0 bridgehead atoms. The molecule has 126 valence electrons. The SMILES string of the molecule is Cc1ccc(NC(=S)NN(c2ccccc2)c2ccccc2)cc1C. The highest BCUT2D eigenvalue weighted by Gasteiger charge is 2.10. The number of hydrogen-bond donors (Lipinski definition) is 2. The summed E-state index contributed by atoms with van der Waals surface area (Å²) in [6.07, 6.45) is 0. The molecule has 0 aliphatic rings. The molecule has 4 heteroatoms. The smallest absolute Gasteiger partial charge is 0.190 e. The molecule has 3 rings (SSSR count). The van der Waals surface area contributed by atoms with Crippen LogP contribution in [-0.4, -0.2) is 5.11 Å². The topological polar surface area (TPSA) is 27.3 Å². The van der Waals surface area contributed by atoms with Crippen LogP contribution >= 0.6 is 12.2 Å². The van der Waals surface area contributed by atoms with Gasteiger partial charge in [0.2, 0.25) is 0 Å². The number of nitrogens with zero attached hydrogens (tertiary/aromatic N) is 1. The lowest BCUT2D eigenvalue weighted by atomic mass is 10.1. The summed E-state index contributed by atoms with van der Waals surface area (Å²) >= 11 is 5.52. The Hall–Kier alpha value is -2.85. The van der Waals surface area contributed by atoms with Crippen molar-refractivity contribution in [1.82, 2.24) is 5.43 Å². The highest BCUT2D eigenvalue weighted by atomic mass is 32.1. The van der Waals surface area contributed by atoms with Crippen molar-refractivity contribution in [2.45, 2.75) is 13.8 Å². The zero-order chi connectivity index (χ0) is 17.6. The van der Waals surface area contributed by atoms with Gasteiger partial charge in [-0.2, -0.15) is 0 Å². The first kappa shape index (κ1) is 17.0. The monoisotopic (exact) mass is 347 g/mol. The number of thiocarbonyl (C=S) groups is 1. The minimum absolute atomic E-state index is 0.538. The van der Waals surface area contributed by atoms with Gasteiger partial charge in [-0.1, -0.05) is 42.5 Å². The van der Waals surface area contributed by atoms with Crippen LogP contribution in [0.5, 0.6) is 0 Å². The van der Waals surface area contributed by atoms with Gasteiger partial charge in [-0.25, -0.2) is 0 Å². The first-order valence-corrected chi connectivity index (χ1v) is 8.59. The largest absolute Gasteiger partial charge is 0.331 e. The Labute approximate surface area is 154 Å². The van der Waals surface area contributed by atoms with Crippen molar-refractivity contribution < 1.29 is 0 Å². The summed E-state index contributed by atoms with van der Waals surface area (Å²) in [7, 11) is 0. The van der Waals surface area contributed by atoms with Crippen LogP contribution in [0.4, 0.5) is 17.1 Å². The molecule has 0 heterocycles. The molecule has 0 saturated heterocycles. The van der Waals surface area contributed by atoms with E-state index in [2.05, 4.69) is 36.7 Å². The fourth-order valence-corrected chi connectivity index (χ4v) is 2.72. The van der Waals surface area contributed by atoms with Crippen molar-refractivity contribution in [3.05, 3.63) is 90.0 Å². The average Bonchev–Trinajstić information content (AvgIpc) is 2.64. The molecule has 3 aromatic carbocycles. The molecule has 0 saturated carbocycles. The fraction of sp³-hybridized carbons (Fsp3) is 0.0952. The number of aryl methyl sites for hydroxylation is 2. The number of rotatable bonds is 4. The third-order valence-corrected chi connectivity index (χ3v) is 4.20. The Kier molecular flexibility index (Phi) is 5.31.